The summed E-state index contributed by atoms with van der Waals surface area (Å²) < 4.78 is 5.03. The van der Waals surface area contributed by atoms with E-state index in [1.807, 2.05) is 0 Å². The van der Waals surface area contributed by atoms with Crippen molar-refractivity contribution in [2.75, 3.05) is 13.7 Å². The maximum Gasteiger partial charge on any atom is 0.0668 e. The highest BCUT2D eigenvalue weighted by Gasteiger charge is 2.42. The van der Waals surface area contributed by atoms with Gasteiger partial charge in [-0.25, -0.2) is 0 Å². The van der Waals surface area contributed by atoms with Gasteiger partial charge in [-0.2, -0.15) is 11.8 Å². The van der Waals surface area contributed by atoms with E-state index < -0.39 is 0 Å². The third-order valence-electron chi connectivity index (χ3n) is 3.65. The molecule has 0 aromatic heterocycles. The van der Waals surface area contributed by atoms with Gasteiger partial charge in [-0.15, -0.1) is 0 Å². The number of methoxy groups -OCH3 is 1. The Hall–Kier alpha value is 0.270. The van der Waals surface area contributed by atoms with Crippen LogP contribution in [0.5, 0.6) is 0 Å². The average molecular weight is 230 g/mol. The first-order chi connectivity index (χ1) is 7.22. The molecule has 88 valence electrons. The Balaban J connectivity index is 1.75. The third kappa shape index (κ3) is 3.11. The molecule has 2 saturated heterocycles. The van der Waals surface area contributed by atoms with E-state index in [9.17, 15) is 5.11 Å². The van der Waals surface area contributed by atoms with Crippen molar-refractivity contribution in [3.63, 3.8) is 0 Å². The molecule has 2 heterocycles. The summed E-state index contributed by atoms with van der Waals surface area (Å²) in [7, 11) is 1.74. The highest BCUT2D eigenvalue weighted by atomic mass is 32.2. The SMILES string of the molecule is COCCCCC1(O)CC2CCC(C1)S2. The maximum atomic E-state index is 10.5. The van der Waals surface area contributed by atoms with Crippen LogP contribution in [-0.4, -0.2) is 34.9 Å². The van der Waals surface area contributed by atoms with Gasteiger partial charge < -0.3 is 9.84 Å². The fraction of sp³-hybridized carbons (Fsp3) is 1.00. The Morgan fingerprint density at radius 1 is 1.27 bits per heavy atom. The van der Waals surface area contributed by atoms with Gasteiger partial charge in [0.2, 0.25) is 0 Å². The van der Waals surface area contributed by atoms with Crippen LogP contribution >= 0.6 is 11.8 Å². The fourth-order valence-corrected chi connectivity index (χ4v) is 4.82. The van der Waals surface area contributed by atoms with Crippen LogP contribution in [0.15, 0.2) is 0 Å². The van der Waals surface area contributed by atoms with E-state index >= 15 is 0 Å². The van der Waals surface area contributed by atoms with E-state index in [0.29, 0.717) is 0 Å². The molecule has 1 N–H and O–H groups in total. The van der Waals surface area contributed by atoms with Crippen molar-refractivity contribution >= 4 is 11.8 Å². The monoisotopic (exact) mass is 230 g/mol. The molecule has 2 aliphatic heterocycles. The van der Waals surface area contributed by atoms with Gasteiger partial charge in [-0.3, -0.25) is 0 Å². The molecule has 15 heavy (non-hydrogen) atoms. The highest BCUT2D eigenvalue weighted by Crippen LogP contribution is 2.48. The van der Waals surface area contributed by atoms with Crippen LogP contribution in [0.1, 0.15) is 44.9 Å². The molecular formula is C12H22O2S. The summed E-state index contributed by atoms with van der Waals surface area (Å²) >= 11 is 2.11. The summed E-state index contributed by atoms with van der Waals surface area (Å²) in [6.45, 7) is 0.831. The Kier molecular flexibility index (Phi) is 3.97. The molecule has 2 atom stereocenters. The summed E-state index contributed by atoms with van der Waals surface area (Å²) in [6.07, 6.45) is 7.88. The molecule has 0 spiro atoms. The molecule has 2 fully saturated rings. The Labute approximate surface area is 96.8 Å². The van der Waals surface area contributed by atoms with E-state index in [2.05, 4.69) is 11.8 Å². The molecule has 0 aromatic rings. The molecule has 0 amide bonds. The summed E-state index contributed by atoms with van der Waals surface area (Å²) in [6, 6.07) is 0. The molecule has 2 nitrogen and oxygen atoms in total. The smallest absolute Gasteiger partial charge is 0.0668 e. The maximum absolute atomic E-state index is 10.5. The molecule has 3 heteroatoms. The lowest BCUT2D eigenvalue weighted by atomic mass is 9.88. The minimum Gasteiger partial charge on any atom is -0.390 e. The molecule has 0 saturated carbocycles. The van der Waals surface area contributed by atoms with Gasteiger partial charge in [-0.1, -0.05) is 0 Å². The number of fused-ring (bicyclic) bond motifs is 2. The zero-order valence-corrected chi connectivity index (χ0v) is 10.4. The van der Waals surface area contributed by atoms with Gasteiger partial charge >= 0.3 is 0 Å². The van der Waals surface area contributed by atoms with E-state index in [-0.39, 0.29) is 5.60 Å². The van der Waals surface area contributed by atoms with Crippen molar-refractivity contribution in [1.29, 1.82) is 0 Å². The van der Waals surface area contributed by atoms with Crippen LogP contribution < -0.4 is 0 Å². The summed E-state index contributed by atoms with van der Waals surface area (Å²) in [5.41, 5.74) is -0.342. The highest BCUT2D eigenvalue weighted by molar-refractivity contribution is 8.00. The van der Waals surface area contributed by atoms with Gasteiger partial charge in [0.05, 0.1) is 5.60 Å². The zero-order chi connectivity index (χ0) is 10.7. The lowest BCUT2D eigenvalue weighted by Crippen LogP contribution is -2.37. The second-order valence-corrected chi connectivity index (χ2v) is 6.65. The van der Waals surface area contributed by atoms with Crippen LogP contribution in [0.4, 0.5) is 0 Å². The molecule has 2 unspecified atom stereocenters. The lowest BCUT2D eigenvalue weighted by molar-refractivity contribution is 0.0116. The van der Waals surface area contributed by atoms with E-state index in [4.69, 9.17) is 4.74 Å². The molecule has 0 aliphatic carbocycles. The van der Waals surface area contributed by atoms with Crippen molar-refractivity contribution in [1.82, 2.24) is 0 Å². The van der Waals surface area contributed by atoms with Crippen molar-refractivity contribution in [2.45, 2.75) is 61.0 Å². The molecular weight excluding hydrogens is 208 g/mol. The van der Waals surface area contributed by atoms with Crippen molar-refractivity contribution in [3.8, 4) is 0 Å². The number of rotatable bonds is 5. The first kappa shape index (κ1) is 11.7. The minimum atomic E-state index is -0.342. The normalized spacial score (nSPS) is 39.6. The number of hydrogen-bond acceptors (Lipinski definition) is 3. The molecule has 0 radical (unpaired) electrons. The van der Waals surface area contributed by atoms with Gasteiger partial charge in [0, 0.05) is 24.2 Å². The molecule has 2 bridgehead atoms. The predicted octanol–water partition coefficient (Wildman–Crippen LogP) is 2.59. The molecule has 2 aliphatic rings. The quantitative estimate of drug-likeness (QED) is 0.736. The van der Waals surface area contributed by atoms with Crippen LogP contribution in [0, 0.1) is 0 Å². The van der Waals surface area contributed by atoms with Crippen LogP contribution in [0.2, 0.25) is 0 Å². The standard InChI is InChI=1S/C12H22O2S/c1-14-7-3-2-6-12(13)8-10-4-5-11(9-12)15-10/h10-11,13H,2-9H2,1H3. The summed E-state index contributed by atoms with van der Waals surface area (Å²) in [5, 5.41) is 12.0. The van der Waals surface area contributed by atoms with Crippen LogP contribution in [0.3, 0.4) is 0 Å². The topological polar surface area (TPSA) is 29.5 Å². The Morgan fingerprint density at radius 2 is 1.93 bits per heavy atom. The van der Waals surface area contributed by atoms with Gasteiger partial charge in [0.25, 0.3) is 0 Å². The second-order valence-electron chi connectivity index (χ2n) is 5.04. The average Bonchev–Trinajstić information content (AvgIpc) is 2.54. The first-order valence-electron chi connectivity index (χ1n) is 6.09. The lowest BCUT2D eigenvalue weighted by Gasteiger charge is -2.36. The van der Waals surface area contributed by atoms with E-state index in [0.717, 1.165) is 49.2 Å². The van der Waals surface area contributed by atoms with Gasteiger partial charge in [0.15, 0.2) is 0 Å². The van der Waals surface area contributed by atoms with Crippen molar-refractivity contribution in [3.05, 3.63) is 0 Å². The molecule has 0 aromatic carbocycles. The Bertz CT molecular complexity index is 196. The van der Waals surface area contributed by atoms with Crippen molar-refractivity contribution < 1.29 is 9.84 Å². The first-order valence-corrected chi connectivity index (χ1v) is 7.03. The minimum absolute atomic E-state index is 0.342. The van der Waals surface area contributed by atoms with Crippen LogP contribution in [0.25, 0.3) is 0 Å². The largest absolute Gasteiger partial charge is 0.390 e. The number of hydrogen-bond donors (Lipinski definition) is 1. The predicted molar refractivity (Wildman–Crippen MR) is 64.3 cm³/mol. The van der Waals surface area contributed by atoms with Crippen molar-refractivity contribution in [2.24, 2.45) is 0 Å². The molecule has 2 rings (SSSR count). The Morgan fingerprint density at radius 3 is 2.53 bits per heavy atom. The fourth-order valence-electron chi connectivity index (χ4n) is 2.92. The number of thioether (sulfide) groups is 1. The van der Waals surface area contributed by atoms with Gasteiger partial charge in [-0.05, 0) is 44.9 Å². The number of aliphatic hydroxyl groups is 1. The van der Waals surface area contributed by atoms with Gasteiger partial charge in [0.1, 0.15) is 0 Å². The van der Waals surface area contributed by atoms with Crippen LogP contribution in [-0.2, 0) is 4.74 Å². The third-order valence-corrected chi connectivity index (χ3v) is 5.23. The van der Waals surface area contributed by atoms with E-state index in [1.54, 1.807) is 7.11 Å². The summed E-state index contributed by atoms with van der Waals surface area (Å²) in [4.78, 5) is 0. The number of ether oxygens (including phenoxy) is 1. The van der Waals surface area contributed by atoms with E-state index in [1.165, 1.54) is 12.8 Å². The number of unbranched alkanes of at least 4 members (excludes halogenated alkanes) is 1. The second kappa shape index (κ2) is 5.07. The zero-order valence-electron chi connectivity index (χ0n) is 9.58. The summed E-state index contributed by atoms with van der Waals surface area (Å²) in [5.74, 6) is 0.